The number of aryl methyl sites for hydroxylation is 2. The van der Waals surface area contributed by atoms with Crippen molar-refractivity contribution >= 4 is 0 Å². The van der Waals surface area contributed by atoms with Gasteiger partial charge in [0, 0.05) is 11.7 Å². The van der Waals surface area contributed by atoms with Crippen molar-refractivity contribution in [3.63, 3.8) is 0 Å². The summed E-state index contributed by atoms with van der Waals surface area (Å²) in [5.41, 5.74) is 4.29. The Balaban J connectivity index is 1.57. The molecule has 0 bridgehead atoms. The first-order valence-electron chi connectivity index (χ1n) is 6.72. The van der Waals surface area contributed by atoms with Crippen LogP contribution >= 0.6 is 0 Å². The highest BCUT2D eigenvalue weighted by atomic mass is 15.1. The van der Waals surface area contributed by atoms with Gasteiger partial charge in [-0.25, -0.2) is 0 Å². The summed E-state index contributed by atoms with van der Waals surface area (Å²) in [5, 5.41) is 11.3. The molecule has 1 fully saturated rings. The van der Waals surface area contributed by atoms with Crippen LogP contribution in [-0.2, 0) is 19.3 Å². The van der Waals surface area contributed by atoms with Gasteiger partial charge in [0.15, 0.2) is 0 Å². The van der Waals surface area contributed by atoms with Gasteiger partial charge in [-0.15, -0.1) is 0 Å². The molecule has 1 aliphatic carbocycles. The van der Waals surface area contributed by atoms with Crippen LogP contribution in [0.25, 0.3) is 0 Å². The van der Waals surface area contributed by atoms with E-state index in [9.17, 15) is 0 Å². The number of rotatable bonds is 3. The van der Waals surface area contributed by atoms with Crippen molar-refractivity contribution in [3.8, 4) is 0 Å². The molecular formula is C13H21N3. The Morgan fingerprint density at radius 1 is 1.19 bits per heavy atom. The fraction of sp³-hybridized carbons (Fsp3) is 0.769. The lowest BCUT2D eigenvalue weighted by Gasteiger charge is -2.23. The molecular weight excluding hydrogens is 198 g/mol. The van der Waals surface area contributed by atoms with Gasteiger partial charge in [0.25, 0.3) is 0 Å². The molecule has 3 heteroatoms. The fourth-order valence-electron chi connectivity index (χ4n) is 3.08. The normalized spacial score (nSPS) is 24.6. The van der Waals surface area contributed by atoms with E-state index in [0.29, 0.717) is 0 Å². The lowest BCUT2D eigenvalue weighted by atomic mass is 9.98. The van der Waals surface area contributed by atoms with Gasteiger partial charge in [0.1, 0.15) is 0 Å². The number of nitrogens with zero attached hydrogens (tertiary/aromatic N) is 1. The number of nitrogens with one attached hydrogen (secondary N) is 2. The topological polar surface area (TPSA) is 40.7 Å². The van der Waals surface area contributed by atoms with Crippen LogP contribution in [0, 0.1) is 0 Å². The van der Waals surface area contributed by atoms with Crippen LogP contribution in [0.4, 0.5) is 0 Å². The van der Waals surface area contributed by atoms with Gasteiger partial charge in [-0.2, -0.15) is 5.10 Å². The SMILES string of the molecule is C1CCC(CCc2n[nH]c3c2CCC3)NC1. The highest BCUT2D eigenvalue weighted by Crippen LogP contribution is 2.24. The number of hydrogen-bond acceptors (Lipinski definition) is 2. The average Bonchev–Trinajstić information content (AvgIpc) is 2.90. The van der Waals surface area contributed by atoms with Crippen LogP contribution in [0.5, 0.6) is 0 Å². The summed E-state index contributed by atoms with van der Waals surface area (Å²) < 4.78 is 0. The number of aromatic amines is 1. The van der Waals surface area contributed by atoms with Gasteiger partial charge in [-0.1, -0.05) is 6.42 Å². The molecule has 0 radical (unpaired) electrons. The molecule has 3 nitrogen and oxygen atoms in total. The maximum Gasteiger partial charge on any atom is 0.0657 e. The van der Waals surface area contributed by atoms with Gasteiger partial charge in [0.2, 0.25) is 0 Å². The van der Waals surface area contributed by atoms with Crippen molar-refractivity contribution in [1.29, 1.82) is 0 Å². The Bertz CT molecular complexity index is 350. The van der Waals surface area contributed by atoms with Gasteiger partial charge < -0.3 is 5.32 Å². The second kappa shape index (κ2) is 4.58. The van der Waals surface area contributed by atoms with Crippen molar-refractivity contribution in [1.82, 2.24) is 15.5 Å². The second-order valence-corrected chi connectivity index (χ2v) is 5.17. The monoisotopic (exact) mass is 219 g/mol. The van der Waals surface area contributed by atoms with Crippen LogP contribution in [0.2, 0.25) is 0 Å². The summed E-state index contributed by atoms with van der Waals surface area (Å²) in [4.78, 5) is 0. The Labute approximate surface area is 97.0 Å². The summed E-state index contributed by atoms with van der Waals surface area (Å²) in [6.07, 6.45) is 10.3. The van der Waals surface area contributed by atoms with Crippen molar-refractivity contribution in [2.24, 2.45) is 0 Å². The zero-order valence-electron chi connectivity index (χ0n) is 9.89. The highest BCUT2D eigenvalue weighted by molar-refractivity contribution is 5.29. The minimum Gasteiger partial charge on any atom is -0.314 e. The van der Waals surface area contributed by atoms with Crippen LogP contribution in [0.1, 0.15) is 49.1 Å². The summed E-state index contributed by atoms with van der Waals surface area (Å²) in [6, 6.07) is 0.738. The van der Waals surface area contributed by atoms with E-state index in [1.165, 1.54) is 68.4 Å². The second-order valence-electron chi connectivity index (χ2n) is 5.17. The predicted octanol–water partition coefficient (Wildman–Crippen LogP) is 1.97. The Kier molecular flexibility index (Phi) is 2.96. The fourth-order valence-corrected chi connectivity index (χ4v) is 3.08. The first kappa shape index (κ1) is 10.3. The third-order valence-corrected chi connectivity index (χ3v) is 4.03. The minimum absolute atomic E-state index is 0.738. The Morgan fingerprint density at radius 3 is 3.06 bits per heavy atom. The molecule has 3 rings (SSSR count). The summed E-state index contributed by atoms with van der Waals surface area (Å²) >= 11 is 0. The minimum atomic E-state index is 0.738. The van der Waals surface area contributed by atoms with E-state index >= 15 is 0 Å². The number of fused-ring (bicyclic) bond motifs is 1. The zero-order valence-corrected chi connectivity index (χ0v) is 9.89. The number of hydrogen-bond donors (Lipinski definition) is 2. The van der Waals surface area contributed by atoms with Crippen molar-refractivity contribution in [2.75, 3.05) is 6.54 Å². The molecule has 1 aromatic rings. The molecule has 0 saturated carbocycles. The molecule has 2 heterocycles. The quantitative estimate of drug-likeness (QED) is 0.816. The number of H-pyrrole nitrogens is 1. The molecule has 0 spiro atoms. The molecule has 1 aromatic heterocycles. The van der Waals surface area contributed by atoms with E-state index < -0.39 is 0 Å². The maximum atomic E-state index is 4.47. The lowest BCUT2D eigenvalue weighted by molar-refractivity contribution is 0.381. The standard InChI is InChI=1S/C13H21N3/c1-2-9-14-10(4-1)7-8-13-11-5-3-6-12(11)15-16-13/h10,14H,1-9H2,(H,15,16). The lowest BCUT2D eigenvalue weighted by Crippen LogP contribution is -2.34. The Morgan fingerprint density at radius 2 is 2.19 bits per heavy atom. The van der Waals surface area contributed by atoms with E-state index in [2.05, 4.69) is 15.5 Å². The predicted molar refractivity (Wildman–Crippen MR) is 64.6 cm³/mol. The van der Waals surface area contributed by atoms with Crippen molar-refractivity contribution < 1.29 is 0 Å². The molecule has 1 saturated heterocycles. The summed E-state index contributed by atoms with van der Waals surface area (Å²) in [5.74, 6) is 0. The van der Waals surface area contributed by atoms with E-state index in [-0.39, 0.29) is 0 Å². The molecule has 2 aliphatic rings. The van der Waals surface area contributed by atoms with Gasteiger partial charge in [-0.05, 0) is 57.1 Å². The first-order chi connectivity index (χ1) is 7.93. The third-order valence-electron chi connectivity index (χ3n) is 4.03. The first-order valence-corrected chi connectivity index (χ1v) is 6.72. The third kappa shape index (κ3) is 2.01. The van der Waals surface area contributed by atoms with E-state index in [0.717, 1.165) is 12.5 Å². The van der Waals surface area contributed by atoms with Crippen molar-refractivity contribution in [3.05, 3.63) is 17.0 Å². The van der Waals surface area contributed by atoms with E-state index in [1.807, 2.05) is 0 Å². The zero-order chi connectivity index (χ0) is 10.8. The van der Waals surface area contributed by atoms with Gasteiger partial charge in [0.05, 0.1) is 5.69 Å². The molecule has 2 N–H and O–H groups in total. The summed E-state index contributed by atoms with van der Waals surface area (Å²) in [6.45, 7) is 1.21. The van der Waals surface area contributed by atoms with E-state index in [4.69, 9.17) is 0 Å². The smallest absolute Gasteiger partial charge is 0.0657 e. The van der Waals surface area contributed by atoms with Crippen LogP contribution in [0.3, 0.4) is 0 Å². The molecule has 1 atom stereocenters. The van der Waals surface area contributed by atoms with E-state index in [1.54, 1.807) is 0 Å². The number of aromatic nitrogens is 2. The number of piperidine rings is 1. The molecule has 16 heavy (non-hydrogen) atoms. The highest BCUT2D eigenvalue weighted by Gasteiger charge is 2.19. The van der Waals surface area contributed by atoms with Crippen LogP contribution < -0.4 is 5.32 Å². The Hall–Kier alpha value is -0.830. The molecule has 0 aromatic carbocycles. The largest absolute Gasteiger partial charge is 0.314 e. The van der Waals surface area contributed by atoms with Crippen LogP contribution in [0.15, 0.2) is 0 Å². The molecule has 0 amide bonds. The molecule has 1 unspecified atom stereocenters. The maximum absolute atomic E-state index is 4.47. The average molecular weight is 219 g/mol. The molecule has 88 valence electrons. The summed E-state index contributed by atoms with van der Waals surface area (Å²) in [7, 11) is 0. The van der Waals surface area contributed by atoms with Gasteiger partial charge in [-0.3, -0.25) is 5.10 Å². The van der Waals surface area contributed by atoms with Gasteiger partial charge >= 0.3 is 0 Å². The van der Waals surface area contributed by atoms with Crippen molar-refractivity contribution in [2.45, 2.75) is 57.4 Å². The van der Waals surface area contributed by atoms with Crippen LogP contribution in [-0.4, -0.2) is 22.8 Å². The molecule has 1 aliphatic heterocycles.